The van der Waals surface area contributed by atoms with E-state index in [0.29, 0.717) is 12.6 Å². The van der Waals surface area contributed by atoms with Gasteiger partial charge in [0.2, 0.25) is 0 Å². The molecule has 0 bridgehead atoms. The molecule has 0 aromatic heterocycles. The number of nitrogens with one attached hydrogen (secondary N) is 2. The molecule has 0 radical (unpaired) electrons. The minimum absolute atomic E-state index is 0. The van der Waals surface area contributed by atoms with Crippen molar-refractivity contribution >= 4 is 41.5 Å². The fraction of sp³-hybridized carbons (Fsp3) is 0.562. The van der Waals surface area contributed by atoms with Gasteiger partial charge in [-0.3, -0.25) is 9.89 Å². The summed E-state index contributed by atoms with van der Waals surface area (Å²) in [5, 5.41) is 7.43. The predicted molar refractivity (Wildman–Crippen MR) is 107 cm³/mol. The third-order valence-electron chi connectivity index (χ3n) is 3.63. The van der Waals surface area contributed by atoms with Crippen LogP contribution in [0.4, 0.5) is 0 Å². The molecule has 22 heavy (non-hydrogen) atoms. The summed E-state index contributed by atoms with van der Waals surface area (Å²) in [6.45, 7) is 10.2. The maximum atomic E-state index is 6.15. The Kier molecular flexibility index (Phi) is 11.7. The molecule has 2 N–H and O–H groups in total. The topological polar surface area (TPSA) is 39.7 Å². The molecule has 4 nitrogen and oxygen atoms in total. The van der Waals surface area contributed by atoms with Gasteiger partial charge in [0, 0.05) is 31.2 Å². The average molecular weight is 439 g/mol. The second-order valence-electron chi connectivity index (χ2n) is 4.97. The molecule has 1 rings (SSSR count). The zero-order chi connectivity index (χ0) is 15.7. The van der Waals surface area contributed by atoms with E-state index >= 15 is 0 Å². The van der Waals surface area contributed by atoms with Crippen molar-refractivity contribution in [2.24, 2.45) is 4.99 Å². The van der Waals surface area contributed by atoms with Crippen LogP contribution in [0.2, 0.25) is 5.02 Å². The van der Waals surface area contributed by atoms with Gasteiger partial charge in [-0.1, -0.05) is 43.6 Å². The summed E-state index contributed by atoms with van der Waals surface area (Å²) in [5.41, 5.74) is 1.07. The summed E-state index contributed by atoms with van der Waals surface area (Å²) in [6, 6.07) is 8.31. The Morgan fingerprint density at radius 2 is 1.86 bits per heavy atom. The van der Waals surface area contributed by atoms with Gasteiger partial charge in [0.05, 0.1) is 0 Å². The monoisotopic (exact) mass is 438 g/mol. The first-order valence-electron chi connectivity index (χ1n) is 7.54. The summed E-state index contributed by atoms with van der Waals surface area (Å²) in [7, 11) is 1.78. The number of hydrogen-bond donors (Lipinski definition) is 2. The second-order valence-corrected chi connectivity index (χ2v) is 5.38. The lowest BCUT2D eigenvalue weighted by Crippen LogP contribution is -2.45. The lowest BCUT2D eigenvalue weighted by molar-refractivity contribution is 0.231. The summed E-state index contributed by atoms with van der Waals surface area (Å²) in [5.74, 6) is 0.800. The third-order valence-corrected chi connectivity index (χ3v) is 4.00. The maximum absolute atomic E-state index is 6.15. The molecule has 0 heterocycles. The summed E-state index contributed by atoms with van der Waals surface area (Å²) >= 11 is 6.15. The van der Waals surface area contributed by atoms with Crippen molar-refractivity contribution < 1.29 is 0 Å². The molecular weight excluding hydrogens is 411 g/mol. The highest BCUT2D eigenvalue weighted by molar-refractivity contribution is 14.0. The first kappa shape index (κ1) is 21.5. The van der Waals surface area contributed by atoms with E-state index < -0.39 is 0 Å². The van der Waals surface area contributed by atoms with Crippen molar-refractivity contribution in [1.29, 1.82) is 0 Å². The Labute approximate surface area is 156 Å². The first-order chi connectivity index (χ1) is 10.1. The highest BCUT2D eigenvalue weighted by Crippen LogP contribution is 2.14. The molecule has 126 valence electrons. The molecule has 0 saturated heterocycles. The molecule has 0 fully saturated rings. The van der Waals surface area contributed by atoms with Crippen LogP contribution in [0.5, 0.6) is 0 Å². The number of aliphatic imine (C=N–C) groups is 1. The van der Waals surface area contributed by atoms with Crippen LogP contribution < -0.4 is 10.6 Å². The van der Waals surface area contributed by atoms with Crippen molar-refractivity contribution in [2.75, 3.05) is 26.7 Å². The van der Waals surface area contributed by atoms with E-state index in [-0.39, 0.29) is 24.0 Å². The van der Waals surface area contributed by atoms with Crippen LogP contribution in [-0.2, 0) is 6.54 Å². The zero-order valence-electron chi connectivity index (χ0n) is 13.9. The Hall–Kier alpha value is -0.530. The van der Waals surface area contributed by atoms with E-state index in [1.54, 1.807) is 7.05 Å². The van der Waals surface area contributed by atoms with Gasteiger partial charge in [-0.15, -0.1) is 24.0 Å². The van der Waals surface area contributed by atoms with Crippen LogP contribution in [0.3, 0.4) is 0 Å². The van der Waals surface area contributed by atoms with E-state index in [0.717, 1.165) is 36.2 Å². The number of nitrogens with zero attached hydrogens (tertiary/aromatic N) is 2. The molecule has 1 aromatic rings. The van der Waals surface area contributed by atoms with Crippen LogP contribution in [0.1, 0.15) is 26.3 Å². The predicted octanol–water partition coefficient (Wildman–Crippen LogP) is 3.35. The lowest BCUT2D eigenvalue weighted by atomic mass is 10.2. The van der Waals surface area contributed by atoms with E-state index in [4.69, 9.17) is 11.6 Å². The number of halogens is 2. The van der Waals surface area contributed by atoms with Gasteiger partial charge < -0.3 is 10.6 Å². The Morgan fingerprint density at radius 3 is 2.41 bits per heavy atom. The van der Waals surface area contributed by atoms with Crippen molar-refractivity contribution in [3.8, 4) is 0 Å². The molecule has 1 atom stereocenters. The molecule has 6 heteroatoms. The summed E-state index contributed by atoms with van der Waals surface area (Å²) < 4.78 is 0. The molecule has 0 amide bonds. The molecule has 0 spiro atoms. The first-order valence-corrected chi connectivity index (χ1v) is 7.92. The van der Waals surface area contributed by atoms with Gasteiger partial charge in [0.1, 0.15) is 0 Å². The number of benzene rings is 1. The van der Waals surface area contributed by atoms with Gasteiger partial charge in [0.15, 0.2) is 5.96 Å². The Balaban J connectivity index is 0.00000441. The van der Waals surface area contributed by atoms with E-state index in [2.05, 4.69) is 41.3 Å². The fourth-order valence-electron chi connectivity index (χ4n) is 2.26. The second kappa shape index (κ2) is 12.0. The molecular formula is C16H28ClIN4. The van der Waals surface area contributed by atoms with Gasteiger partial charge in [0.25, 0.3) is 0 Å². The van der Waals surface area contributed by atoms with E-state index in [1.807, 2.05) is 24.3 Å². The largest absolute Gasteiger partial charge is 0.355 e. The molecule has 0 aliphatic rings. The number of likely N-dealkylation sites (N-methyl/N-ethyl adjacent to an activating group) is 1. The fourth-order valence-corrected chi connectivity index (χ4v) is 2.46. The normalized spacial score (nSPS) is 12.7. The summed E-state index contributed by atoms with van der Waals surface area (Å²) in [6.07, 6.45) is 0. The standard InChI is InChI=1S/C16H27ClN4.HI/c1-5-21(6-2)13(3)11-19-16(18-4)20-12-14-9-7-8-10-15(14)17;/h7-10,13H,5-6,11-12H2,1-4H3,(H2,18,19,20);1H. The molecule has 0 aliphatic heterocycles. The number of guanidine groups is 1. The van der Waals surface area contributed by atoms with Crippen LogP contribution in [0.25, 0.3) is 0 Å². The van der Waals surface area contributed by atoms with Crippen LogP contribution >= 0.6 is 35.6 Å². The average Bonchev–Trinajstić information content (AvgIpc) is 2.50. The zero-order valence-corrected chi connectivity index (χ0v) is 17.0. The quantitative estimate of drug-likeness (QED) is 0.390. The highest BCUT2D eigenvalue weighted by atomic mass is 127. The van der Waals surface area contributed by atoms with E-state index in [1.165, 1.54) is 0 Å². The van der Waals surface area contributed by atoms with Gasteiger partial charge in [-0.25, -0.2) is 0 Å². The van der Waals surface area contributed by atoms with Crippen LogP contribution in [-0.4, -0.2) is 43.6 Å². The Bertz CT molecular complexity index is 450. The van der Waals surface area contributed by atoms with Crippen LogP contribution in [0.15, 0.2) is 29.3 Å². The number of hydrogen-bond acceptors (Lipinski definition) is 2. The molecule has 0 aliphatic carbocycles. The minimum Gasteiger partial charge on any atom is -0.355 e. The van der Waals surface area contributed by atoms with Crippen molar-refractivity contribution in [3.63, 3.8) is 0 Å². The highest BCUT2D eigenvalue weighted by Gasteiger charge is 2.10. The summed E-state index contributed by atoms with van der Waals surface area (Å²) in [4.78, 5) is 6.66. The Morgan fingerprint density at radius 1 is 1.23 bits per heavy atom. The van der Waals surface area contributed by atoms with Crippen molar-refractivity contribution in [1.82, 2.24) is 15.5 Å². The van der Waals surface area contributed by atoms with Gasteiger partial charge in [-0.05, 0) is 31.6 Å². The van der Waals surface area contributed by atoms with Crippen molar-refractivity contribution in [3.05, 3.63) is 34.9 Å². The SMILES string of the molecule is CCN(CC)C(C)CNC(=NC)NCc1ccccc1Cl.I. The third kappa shape index (κ3) is 7.15. The molecule has 1 aromatic carbocycles. The van der Waals surface area contributed by atoms with Gasteiger partial charge in [-0.2, -0.15) is 0 Å². The van der Waals surface area contributed by atoms with Crippen LogP contribution in [0, 0.1) is 0 Å². The molecule has 0 saturated carbocycles. The van der Waals surface area contributed by atoms with E-state index in [9.17, 15) is 0 Å². The lowest BCUT2D eigenvalue weighted by Gasteiger charge is -2.27. The van der Waals surface area contributed by atoms with Gasteiger partial charge >= 0.3 is 0 Å². The molecule has 1 unspecified atom stereocenters. The minimum atomic E-state index is 0. The smallest absolute Gasteiger partial charge is 0.191 e. The van der Waals surface area contributed by atoms with Crippen molar-refractivity contribution in [2.45, 2.75) is 33.4 Å². The maximum Gasteiger partial charge on any atom is 0.191 e. The number of rotatable bonds is 7.